The van der Waals surface area contributed by atoms with Crippen molar-refractivity contribution in [1.29, 1.82) is 0 Å². The lowest BCUT2D eigenvalue weighted by molar-refractivity contribution is 0.233. The number of anilines is 1. The molecule has 9 heteroatoms. The molecule has 0 aliphatic carbocycles. The van der Waals surface area contributed by atoms with Crippen molar-refractivity contribution >= 4 is 40.5 Å². The number of benzene rings is 2. The number of hydrogen-bond donors (Lipinski definition) is 2. The molecule has 37 heavy (non-hydrogen) atoms. The van der Waals surface area contributed by atoms with Gasteiger partial charge in [-0.15, -0.1) is 23.7 Å². The second-order valence-corrected chi connectivity index (χ2v) is 10.2. The summed E-state index contributed by atoms with van der Waals surface area (Å²) in [4.78, 5) is 14.4. The Labute approximate surface area is 228 Å². The van der Waals surface area contributed by atoms with Crippen LogP contribution in [-0.4, -0.2) is 55.3 Å². The van der Waals surface area contributed by atoms with Gasteiger partial charge in [0.05, 0.1) is 25.8 Å². The highest BCUT2D eigenvalue weighted by atomic mass is 35.5. The molecule has 2 aromatic heterocycles. The first-order valence-corrected chi connectivity index (χ1v) is 13.2. The van der Waals surface area contributed by atoms with Gasteiger partial charge in [-0.3, -0.25) is 4.90 Å². The molecular weight excluding hydrogens is 506 g/mol. The summed E-state index contributed by atoms with van der Waals surface area (Å²) in [5.74, 6) is 2.82. The normalized spacial score (nSPS) is 14.7. The third-order valence-corrected chi connectivity index (χ3v) is 7.91. The second kappa shape index (κ2) is 12.1. The standard InChI is InChI=1S/C28H33N5O2S.ClH/c1-18(30-28-22-15-24(34-3)25(35-4)16-23(22)31-19(2)32-28)26-9-10-27(36-26)21-8-6-5-7-20(21)17-33-13-11-29-12-14-33;/h5-10,15-16,18,29H,11-14,17H2,1-4H3,(H,30,31,32);1H. The summed E-state index contributed by atoms with van der Waals surface area (Å²) in [5.41, 5.74) is 3.52. The van der Waals surface area contributed by atoms with E-state index in [9.17, 15) is 0 Å². The van der Waals surface area contributed by atoms with E-state index in [4.69, 9.17) is 14.5 Å². The van der Waals surface area contributed by atoms with E-state index in [2.05, 4.69) is 63.8 Å². The van der Waals surface area contributed by atoms with Crippen LogP contribution in [-0.2, 0) is 6.54 Å². The number of piperazine rings is 1. The molecule has 1 aliphatic heterocycles. The summed E-state index contributed by atoms with van der Waals surface area (Å²) < 4.78 is 11.0. The molecule has 196 valence electrons. The van der Waals surface area contributed by atoms with Gasteiger partial charge in [-0.25, -0.2) is 9.97 Å². The monoisotopic (exact) mass is 539 g/mol. The van der Waals surface area contributed by atoms with Crippen molar-refractivity contribution in [3.05, 3.63) is 64.8 Å². The molecule has 0 amide bonds. The number of ether oxygens (including phenoxy) is 2. The number of nitrogens with zero attached hydrogens (tertiary/aromatic N) is 3. The zero-order valence-corrected chi connectivity index (χ0v) is 23.3. The van der Waals surface area contributed by atoms with Crippen LogP contribution in [0.5, 0.6) is 11.5 Å². The SMILES string of the molecule is COc1cc2nc(C)nc(NC(C)c3ccc(-c4ccccc4CN4CCNCC4)s3)c2cc1OC.Cl. The van der Waals surface area contributed by atoms with Crippen molar-refractivity contribution in [2.24, 2.45) is 0 Å². The highest BCUT2D eigenvalue weighted by Gasteiger charge is 2.18. The Morgan fingerprint density at radius 2 is 1.76 bits per heavy atom. The van der Waals surface area contributed by atoms with Crippen LogP contribution in [0.15, 0.2) is 48.5 Å². The summed E-state index contributed by atoms with van der Waals surface area (Å²) in [6, 6.07) is 17.2. The highest BCUT2D eigenvalue weighted by molar-refractivity contribution is 7.15. The molecule has 0 radical (unpaired) electrons. The van der Waals surface area contributed by atoms with Gasteiger partial charge in [0.25, 0.3) is 0 Å². The zero-order valence-electron chi connectivity index (χ0n) is 21.7. The van der Waals surface area contributed by atoms with E-state index in [0.29, 0.717) is 17.3 Å². The number of nitrogens with one attached hydrogen (secondary N) is 2. The number of rotatable bonds is 8. The number of aromatic nitrogens is 2. The van der Waals surface area contributed by atoms with Crippen LogP contribution in [0.3, 0.4) is 0 Å². The molecule has 1 aliphatic rings. The van der Waals surface area contributed by atoms with Gasteiger partial charge >= 0.3 is 0 Å². The summed E-state index contributed by atoms with van der Waals surface area (Å²) in [7, 11) is 3.27. The van der Waals surface area contributed by atoms with Crippen LogP contribution < -0.4 is 20.1 Å². The molecule has 1 atom stereocenters. The van der Waals surface area contributed by atoms with Gasteiger partial charge in [-0.2, -0.15) is 0 Å². The first-order valence-electron chi connectivity index (χ1n) is 12.3. The molecule has 1 unspecified atom stereocenters. The molecule has 3 heterocycles. The Morgan fingerprint density at radius 1 is 1.03 bits per heavy atom. The average molecular weight is 540 g/mol. The predicted octanol–water partition coefficient (Wildman–Crippen LogP) is 5.68. The number of hydrogen-bond acceptors (Lipinski definition) is 8. The lowest BCUT2D eigenvalue weighted by atomic mass is 10.1. The molecular formula is C28H34ClN5O2S. The van der Waals surface area contributed by atoms with Crippen LogP contribution in [0.4, 0.5) is 5.82 Å². The Morgan fingerprint density at radius 3 is 2.51 bits per heavy atom. The molecule has 2 N–H and O–H groups in total. The van der Waals surface area contributed by atoms with Gasteiger partial charge in [0.1, 0.15) is 11.6 Å². The summed E-state index contributed by atoms with van der Waals surface area (Å²) in [5, 5.41) is 7.97. The third-order valence-electron chi connectivity index (χ3n) is 6.61. The van der Waals surface area contributed by atoms with Gasteiger partial charge in [0, 0.05) is 53.9 Å². The topological polar surface area (TPSA) is 71.5 Å². The van der Waals surface area contributed by atoms with Gasteiger partial charge < -0.3 is 20.1 Å². The van der Waals surface area contributed by atoms with E-state index in [1.54, 1.807) is 14.2 Å². The van der Waals surface area contributed by atoms with Crippen LogP contribution >= 0.6 is 23.7 Å². The Kier molecular flexibility index (Phi) is 8.87. The fourth-order valence-electron chi connectivity index (χ4n) is 4.70. The lowest BCUT2D eigenvalue weighted by Crippen LogP contribution is -2.42. The Bertz CT molecular complexity index is 1360. The highest BCUT2D eigenvalue weighted by Crippen LogP contribution is 2.37. The number of aryl methyl sites for hydroxylation is 1. The third kappa shape index (κ3) is 5.99. The van der Waals surface area contributed by atoms with E-state index >= 15 is 0 Å². The maximum absolute atomic E-state index is 5.52. The van der Waals surface area contributed by atoms with E-state index in [-0.39, 0.29) is 18.4 Å². The molecule has 1 fully saturated rings. The number of fused-ring (bicyclic) bond motifs is 1. The minimum absolute atomic E-state index is 0. The molecule has 2 aromatic carbocycles. The van der Waals surface area contributed by atoms with Gasteiger partial charge in [-0.05, 0) is 43.2 Å². The molecule has 0 spiro atoms. The minimum Gasteiger partial charge on any atom is -0.493 e. The van der Waals surface area contributed by atoms with Gasteiger partial charge in [-0.1, -0.05) is 24.3 Å². The van der Waals surface area contributed by atoms with Crippen molar-refractivity contribution in [2.75, 3.05) is 45.7 Å². The quantitative estimate of drug-likeness (QED) is 0.298. The number of thiophene rings is 1. The maximum Gasteiger partial charge on any atom is 0.162 e. The van der Waals surface area contributed by atoms with E-state index in [0.717, 1.165) is 49.4 Å². The molecule has 7 nitrogen and oxygen atoms in total. The first-order chi connectivity index (χ1) is 17.6. The Balaban J connectivity index is 0.00000320. The van der Waals surface area contributed by atoms with E-state index < -0.39 is 0 Å². The molecule has 0 saturated carbocycles. The van der Waals surface area contributed by atoms with Crippen LogP contribution in [0.25, 0.3) is 21.3 Å². The van der Waals surface area contributed by atoms with Crippen LogP contribution in [0.1, 0.15) is 29.2 Å². The first kappa shape index (κ1) is 27.1. The number of methoxy groups -OCH3 is 2. The average Bonchev–Trinajstić information content (AvgIpc) is 3.39. The summed E-state index contributed by atoms with van der Waals surface area (Å²) in [6.07, 6.45) is 0. The molecule has 1 saturated heterocycles. The largest absolute Gasteiger partial charge is 0.493 e. The van der Waals surface area contributed by atoms with E-state index in [1.165, 1.54) is 20.9 Å². The zero-order chi connectivity index (χ0) is 25.1. The maximum atomic E-state index is 5.52. The lowest BCUT2D eigenvalue weighted by Gasteiger charge is -2.27. The van der Waals surface area contributed by atoms with Gasteiger partial charge in [0.2, 0.25) is 0 Å². The van der Waals surface area contributed by atoms with Crippen molar-refractivity contribution in [1.82, 2.24) is 20.2 Å². The summed E-state index contributed by atoms with van der Waals surface area (Å²) >= 11 is 1.83. The van der Waals surface area contributed by atoms with Crippen molar-refractivity contribution < 1.29 is 9.47 Å². The van der Waals surface area contributed by atoms with Crippen molar-refractivity contribution in [3.63, 3.8) is 0 Å². The molecule has 4 aromatic rings. The fourth-order valence-corrected chi connectivity index (χ4v) is 5.77. The van der Waals surface area contributed by atoms with Crippen molar-refractivity contribution in [3.8, 4) is 21.9 Å². The van der Waals surface area contributed by atoms with Crippen LogP contribution in [0, 0.1) is 6.92 Å². The molecule has 0 bridgehead atoms. The second-order valence-electron chi connectivity index (χ2n) is 9.10. The smallest absolute Gasteiger partial charge is 0.162 e. The van der Waals surface area contributed by atoms with Crippen molar-refractivity contribution in [2.45, 2.75) is 26.4 Å². The predicted molar refractivity (Wildman–Crippen MR) is 155 cm³/mol. The Hall–Kier alpha value is -2.91. The van der Waals surface area contributed by atoms with Crippen LogP contribution in [0.2, 0.25) is 0 Å². The minimum atomic E-state index is 0. The number of halogens is 1. The van der Waals surface area contributed by atoms with Gasteiger partial charge in [0.15, 0.2) is 11.5 Å². The molecule has 5 rings (SSSR count). The summed E-state index contributed by atoms with van der Waals surface area (Å²) in [6.45, 7) is 9.36. The fraction of sp³-hybridized carbons (Fsp3) is 0.357. The van der Waals surface area contributed by atoms with E-state index in [1.807, 2.05) is 30.4 Å².